The van der Waals surface area contributed by atoms with E-state index in [4.69, 9.17) is 4.74 Å². The minimum atomic E-state index is -3.43. The molecule has 1 fully saturated rings. The molecule has 0 saturated carbocycles. The molecule has 0 atom stereocenters. The van der Waals surface area contributed by atoms with Crippen LogP contribution in [0.1, 0.15) is 5.56 Å². The first-order valence-electron chi connectivity index (χ1n) is 7.96. The van der Waals surface area contributed by atoms with Crippen molar-refractivity contribution in [1.82, 2.24) is 9.29 Å². The Kier molecular flexibility index (Phi) is 5.13. The number of sulfonamides is 1. The number of methoxy groups -OCH3 is 1. The number of nitrogens with one attached hydrogen (secondary N) is 1. The van der Waals surface area contributed by atoms with Gasteiger partial charge in [-0.1, -0.05) is 6.07 Å². The predicted molar refractivity (Wildman–Crippen MR) is 90.4 cm³/mol. The van der Waals surface area contributed by atoms with Gasteiger partial charge in [-0.05, 0) is 30.3 Å². The van der Waals surface area contributed by atoms with Gasteiger partial charge in [-0.3, -0.25) is 4.98 Å². The molecule has 1 aromatic carbocycles. The molecule has 7 heteroatoms. The molecule has 128 valence electrons. The van der Waals surface area contributed by atoms with Crippen molar-refractivity contribution < 1.29 is 18.1 Å². The van der Waals surface area contributed by atoms with Crippen LogP contribution < -0.4 is 9.64 Å². The van der Waals surface area contributed by atoms with Gasteiger partial charge in [-0.15, -0.1) is 0 Å². The highest BCUT2D eigenvalue weighted by Gasteiger charge is 2.30. The normalized spacial score (nSPS) is 16.9. The van der Waals surface area contributed by atoms with Gasteiger partial charge < -0.3 is 9.64 Å². The smallest absolute Gasteiger partial charge is 0.243 e. The van der Waals surface area contributed by atoms with Gasteiger partial charge in [0, 0.05) is 18.0 Å². The molecule has 0 amide bonds. The van der Waals surface area contributed by atoms with Crippen molar-refractivity contribution in [3.05, 3.63) is 54.4 Å². The lowest BCUT2D eigenvalue weighted by atomic mass is 10.2. The monoisotopic (exact) mass is 348 g/mol. The van der Waals surface area contributed by atoms with Gasteiger partial charge >= 0.3 is 0 Å². The quantitative estimate of drug-likeness (QED) is 0.837. The Balaban J connectivity index is 1.62. The predicted octanol–water partition coefficient (Wildman–Crippen LogP) is 0.180. The number of ether oxygens (including phenoxy) is 1. The first-order chi connectivity index (χ1) is 11.6. The van der Waals surface area contributed by atoms with Gasteiger partial charge in [0.05, 0.1) is 38.2 Å². The van der Waals surface area contributed by atoms with Crippen LogP contribution in [0.5, 0.6) is 5.75 Å². The average Bonchev–Trinajstić information content (AvgIpc) is 2.63. The summed E-state index contributed by atoms with van der Waals surface area (Å²) in [5.74, 6) is 0.652. The maximum absolute atomic E-state index is 12.7. The summed E-state index contributed by atoms with van der Waals surface area (Å²) in [6.45, 7) is 3.53. The molecule has 2 aromatic rings. The molecule has 1 aliphatic rings. The van der Waals surface area contributed by atoms with E-state index >= 15 is 0 Å². The average molecular weight is 348 g/mol. The van der Waals surface area contributed by atoms with E-state index in [1.165, 1.54) is 10.5 Å². The number of quaternary nitrogens is 1. The van der Waals surface area contributed by atoms with E-state index in [-0.39, 0.29) is 0 Å². The molecule has 1 saturated heterocycles. The second-order valence-electron chi connectivity index (χ2n) is 5.87. The number of hydrogen-bond acceptors (Lipinski definition) is 4. The summed E-state index contributed by atoms with van der Waals surface area (Å²) in [4.78, 5) is 5.83. The highest BCUT2D eigenvalue weighted by molar-refractivity contribution is 7.89. The van der Waals surface area contributed by atoms with Crippen molar-refractivity contribution in [3.8, 4) is 5.75 Å². The van der Waals surface area contributed by atoms with E-state index in [0.29, 0.717) is 23.7 Å². The van der Waals surface area contributed by atoms with Gasteiger partial charge in [-0.2, -0.15) is 4.31 Å². The van der Waals surface area contributed by atoms with Crippen LogP contribution in [0, 0.1) is 0 Å². The van der Waals surface area contributed by atoms with Crippen molar-refractivity contribution in [2.75, 3.05) is 33.3 Å². The summed E-state index contributed by atoms with van der Waals surface area (Å²) >= 11 is 0. The Labute approximate surface area is 142 Å². The zero-order valence-electron chi connectivity index (χ0n) is 13.7. The van der Waals surface area contributed by atoms with E-state index in [2.05, 4.69) is 11.1 Å². The van der Waals surface area contributed by atoms with Gasteiger partial charge in [0.2, 0.25) is 10.0 Å². The van der Waals surface area contributed by atoms with Crippen molar-refractivity contribution in [1.29, 1.82) is 0 Å². The fourth-order valence-corrected chi connectivity index (χ4v) is 4.35. The third-order valence-electron chi connectivity index (χ3n) is 4.30. The molecule has 24 heavy (non-hydrogen) atoms. The van der Waals surface area contributed by atoms with Gasteiger partial charge in [-0.25, -0.2) is 8.42 Å². The van der Waals surface area contributed by atoms with E-state index in [9.17, 15) is 8.42 Å². The van der Waals surface area contributed by atoms with Crippen LogP contribution in [0.4, 0.5) is 0 Å². The Bertz CT molecular complexity index is 755. The first-order valence-corrected chi connectivity index (χ1v) is 9.40. The van der Waals surface area contributed by atoms with Crippen molar-refractivity contribution in [3.63, 3.8) is 0 Å². The summed E-state index contributed by atoms with van der Waals surface area (Å²) in [5.41, 5.74) is 1.18. The van der Waals surface area contributed by atoms with Crippen LogP contribution in [0.25, 0.3) is 0 Å². The lowest BCUT2D eigenvalue weighted by molar-refractivity contribution is -0.917. The zero-order valence-corrected chi connectivity index (χ0v) is 14.5. The maximum atomic E-state index is 12.7. The van der Waals surface area contributed by atoms with Crippen LogP contribution in [0.15, 0.2) is 53.7 Å². The second kappa shape index (κ2) is 7.29. The molecule has 0 unspecified atom stereocenters. The largest absolute Gasteiger partial charge is 0.497 e. The molecule has 0 spiro atoms. The summed E-state index contributed by atoms with van der Waals surface area (Å²) in [7, 11) is -1.87. The number of pyridine rings is 1. The molecule has 1 N–H and O–H groups in total. The molecule has 3 rings (SSSR count). The minimum Gasteiger partial charge on any atom is -0.497 e. The molecule has 0 aliphatic carbocycles. The van der Waals surface area contributed by atoms with Crippen LogP contribution in [0.3, 0.4) is 0 Å². The SMILES string of the molecule is COc1ccc(S(=O)(=O)N2CC[NH+](Cc3cccnc3)CC2)cc1. The molecule has 2 heterocycles. The number of rotatable bonds is 5. The molecular weight excluding hydrogens is 326 g/mol. The summed E-state index contributed by atoms with van der Waals surface area (Å²) in [6.07, 6.45) is 3.63. The fraction of sp³-hybridized carbons (Fsp3) is 0.353. The summed E-state index contributed by atoms with van der Waals surface area (Å²) in [6, 6.07) is 10.5. The van der Waals surface area contributed by atoms with E-state index < -0.39 is 10.0 Å². The minimum absolute atomic E-state index is 0.319. The molecule has 6 nitrogen and oxygen atoms in total. The first kappa shape index (κ1) is 16.9. The zero-order chi connectivity index (χ0) is 17.0. The van der Waals surface area contributed by atoms with Crippen LogP contribution in [0.2, 0.25) is 0 Å². The fourth-order valence-electron chi connectivity index (χ4n) is 2.91. The summed E-state index contributed by atoms with van der Waals surface area (Å²) in [5, 5.41) is 0. The number of piperazine rings is 1. The standard InChI is InChI=1S/C17H21N3O3S/c1-23-16-4-6-17(7-5-16)24(21,22)20-11-9-19(10-12-20)14-15-3-2-8-18-13-15/h2-8,13H,9-12,14H2,1H3/p+1. The topological polar surface area (TPSA) is 63.9 Å². The Hall–Kier alpha value is -1.96. The van der Waals surface area contributed by atoms with Crippen molar-refractivity contribution in [2.24, 2.45) is 0 Å². The molecular formula is C17H22N3O3S+. The van der Waals surface area contributed by atoms with Crippen LogP contribution >= 0.6 is 0 Å². The second-order valence-corrected chi connectivity index (χ2v) is 7.81. The van der Waals surface area contributed by atoms with E-state index in [1.807, 2.05) is 12.3 Å². The molecule has 0 radical (unpaired) electrons. The Morgan fingerprint density at radius 2 is 1.88 bits per heavy atom. The highest BCUT2D eigenvalue weighted by atomic mass is 32.2. The van der Waals surface area contributed by atoms with Crippen molar-refractivity contribution in [2.45, 2.75) is 11.4 Å². The molecule has 1 aliphatic heterocycles. The number of hydrogen-bond donors (Lipinski definition) is 1. The van der Waals surface area contributed by atoms with Crippen molar-refractivity contribution >= 4 is 10.0 Å². The van der Waals surface area contributed by atoms with Gasteiger partial charge in [0.25, 0.3) is 0 Å². The third kappa shape index (κ3) is 3.75. The Morgan fingerprint density at radius 3 is 2.46 bits per heavy atom. The molecule has 1 aromatic heterocycles. The maximum Gasteiger partial charge on any atom is 0.243 e. The van der Waals surface area contributed by atoms with E-state index in [0.717, 1.165) is 19.6 Å². The Morgan fingerprint density at radius 1 is 1.17 bits per heavy atom. The van der Waals surface area contributed by atoms with Gasteiger partial charge in [0.15, 0.2) is 0 Å². The highest BCUT2D eigenvalue weighted by Crippen LogP contribution is 2.19. The number of nitrogens with zero attached hydrogens (tertiary/aromatic N) is 2. The number of aromatic nitrogens is 1. The lowest BCUT2D eigenvalue weighted by Crippen LogP contribution is -3.13. The van der Waals surface area contributed by atoms with E-state index in [1.54, 1.807) is 41.9 Å². The van der Waals surface area contributed by atoms with Crippen LogP contribution in [-0.2, 0) is 16.6 Å². The third-order valence-corrected chi connectivity index (χ3v) is 6.22. The molecule has 0 bridgehead atoms. The summed E-state index contributed by atoms with van der Waals surface area (Å²) < 4.78 is 32.1. The lowest BCUT2D eigenvalue weighted by Gasteiger charge is -2.31. The number of benzene rings is 1. The van der Waals surface area contributed by atoms with Crippen LogP contribution in [-0.4, -0.2) is 51.0 Å². The van der Waals surface area contributed by atoms with Gasteiger partial charge in [0.1, 0.15) is 12.3 Å².